The second-order valence-corrected chi connectivity index (χ2v) is 18.2. The van der Waals surface area contributed by atoms with E-state index in [1.807, 2.05) is 27.2 Å². The first-order valence-corrected chi connectivity index (χ1v) is 24.2. The summed E-state index contributed by atoms with van der Waals surface area (Å²) >= 11 is 0. The lowest BCUT2D eigenvalue weighted by Gasteiger charge is -2.25. The third-order valence-corrected chi connectivity index (χ3v) is 11.2. The van der Waals surface area contributed by atoms with Crippen LogP contribution in [-0.2, 0) is 18.4 Å². The number of phosphoric acid groups is 1. The molecule has 0 aliphatic rings. The molecule has 1 unspecified atom stereocenters. The van der Waals surface area contributed by atoms with Gasteiger partial charge in [-0.25, -0.2) is 4.57 Å². The highest BCUT2D eigenvalue weighted by Gasteiger charge is 2.27. The number of hydrogen-bond donors (Lipinski definition) is 3. The van der Waals surface area contributed by atoms with Gasteiger partial charge in [0.1, 0.15) is 13.2 Å². The van der Waals surface area contributed by atoms with Gasteiger partial charge in [0.2, 0.25) is 5.91 Å². The molecule has 0 radical (unpaired) electrons. The summed E-state index contributed by atoms with van der Waals surface area (Å²) in [5, 5.41) is 13.7. The molecule has 3 N–H and O–H groups in total. The molecular formula is C45H90N2O6P+. The minimum atomic E-state index is -4.33. The Kier molecular flexibility index (Phi) is 36.8. The number of rotatable bonds is 41. The third kappa shape index (κ3) is 39.2. The number of aliphatic hydroxyl groups excluding tert-OH is 1. The topological polar surface area (TPSA) is 105 Å². The number of unbranched alkanes of at least 4 members (excludes halogenated alkanes) is 26. The summed E-state index contributed by atoms with van der Waals surface area (Å²) in [6, 6.07) is -0.856. The van der Waals surface area contributed by atoms with E-state index in [2.05, 4.69) is 31.3 Å². The van der Waals surface area contributed by atoms with Crippen molar-refractivity contribution >= 4 is 13.7 Å². The van der Waals surface area contributed by atoms with E-state index in [9.17, 15) is 19.4 Å². The quantitative estimate of drug-likeness (QED) is 0.0247. The van der Waals surface area contributed by atoms with E-state index in [0.717, 1.165) is 38.5 Å². The molecule has 0 heterocycles. The zero-order valence-electron chi connectivity index (χ0n) is 36.2. The molecule has 0 saturated carbocycles. The largest absolute Gasteiger partial charge is 0.472 e. The van der Waals surface area contributed by atoms with Crippen molar-refractivity contribution < 1.29 is 32.9 Å². The zero-order valence-corrected chi connectivity index (χ0v) is 37.1. The summed E-state index contributed by atoms with van der Waals surface area (Å²) in [6.45, 7) is 4.75. The van der Waals surface area contributed by atoms with E-state index in [1.165, 1.54) is 148 Å². The number of nitrogens with one attached hydrogen (secondary N) is 1. The monoisotopic (exact) mass is 786 g/mol. The molecule has 0 aromatic heterocycles. The van der Waals surface area contributed by atoms with Crippen LogP contribution in [0.1, 0.15) is 206 Å². The van der Waals surface area contributed by atoms with Crippen LogP contribution in [0.5, 0.6) is 0 Å². The van der Waals surface area contributed by atoms with Crippen LogP contribution in [0.15, 0.2) is 24.3 Å². The van der Waals surface area contributed by atoms with Crippen molar-refractivity contribution in [2.75, 3.05) is 40.9 Å². The number of amides is 1. The summed E-state index contributed by atoms with van der Waals surface area (Å²) in [5.74, 6) is -0.187. The Labute approximate surface area is 334 Å². The van der Waals surface area contributed by atoms with Gasteiger partial charge in [0.25, 0.3) is 0 Å². The van der Waals surface area contributed by atoms with Gasteiger partial charge in [0.15, 0.2) is 0 Å². The minimum absolute atomic E-state index is 0.0578. The van der Waals surface area contributed by atoms with Crippen LogP contribution in [0.4, 0.5) is 0 Å². The first-order valence-electron chi connectivity index (χ1n) is 22.7. The first kappa shape index (κ1) is 53.0. The van der Waals surface area contributed by atoms with Crippen molar-refractivity contribution in [3.8, 4) is 0 Å². The molecule has 0 spiro atoms. The van der Waals surface area contributed by atoms with Crippen LogP contribution in [0.3, 0.4) is 0 Å². The fourth-order valence-corrected chi connectivity index (χ4v) is 7.26. The molecule has 54 heavy (non-hydrogen) atoms. The van der Waals surface area contributed by atoms with E-state index in [-0.39, 0.29) is 19.1 Å². The van der Waals surface area contributed by atoms with E-state index in [1.54, 1.807) is 6.08 Å². The summed E-state index contributed by atoms with van der Waals surface area (Å²) in [7, 11) is 1.56. The van der Waals surface area contributed by atoms with Crippen molar-refractivity contribution in [3.05, 3.63) is 24.3 Å². The fraction of sp³-hybridized carbons (Fsp3) is 0.889. The van der Waals surface area contributed by atoms with Crippen molar-refractivity contribution in [1.29, 1.82) is 0 Å². The molecule has 9 heteroatoms. The molecule has 0 aliphatic carbocycles. The Morgan fingerprint density at radius 3 is 1.48 bits per heavy atom. The standard InChI is InChI=1S/C45H89N2O6P/c1-6-8-10-12-14-16-17-18-19-20-21-22-23-24-25-26-27-28-29-31-33-35-37-39-45(49)46-43(42-53-54(50,51)52-41-40-47(3,4)5)44(48)38-36-34-32-30-15-13-11-9-7-2/h15,30,36,38,43-44,48H,6-14,16-29,31-35,37,39-42H2,1-5H3,(H-,46,49,50,51)/p+1/b30-15+,38-36+/t43-,44+/m0/s1. The van der Waals surface area contributed by atoms with Gasteiger partial charge in [-0.2, -0.15) is 0 Å². The zero-order chi connectivity index (χ0) is 40.0. The van der Waals surface area contributed by atoms with Gasteiger partial charge in [-0.05, 0) is 32.1 Å². The van der Waals surface area contributed by atoms with Crippen LogP contribution in [0.2, 0.25) is 0 Å². The summed E-state index contributed by atoms with van der Waals surface area (Å²) in [4.78, 5) is 23.0. The maximum atomic E-state index is 12.8. The molecule has 0 rings (SSSR count). The second-order valence-electron chi connectivity index (χ2n) is 16.8. The molecular weight excluding hydrogens is 695 g/mol. The van der Waals surface area contributed by atoms with E-state index in [4.69, 9.17) is 9.05 Å². The van der Waals surface area contributed by atoms with Crippen molar-refractivity contribution in [2.45, 2.75) is 219 Å². The van der Waals surface area contributed by atoms with Crippen molar-refractivity contribution in [1.82, 2.24) is 5.32 Å². The number of nitrogens with zero attached hydrogens (tertiary/aromatic N) is 1. The van der Waals surface area contributed by atoms with Gasteiger partial charge in [-0.1, -0.05) is 192 Å². The number of phosphoric ester groups is 1. The fourth-order valence-electron chi connectivity index (χ4n) is 6.53. The first-order chi connectivity index (χ1) is 26.0. The normalized spacial score (nSPS) is 14.6. The molecule has 0 saturated heterocycles. The Bertz CT molecular complexity index is 938. The average molecular weight is 786 g/mol. The second kappa shape index (κ2) is 37.6. The van der Waals surface area contributed by atoms with Gasteiger partial charge in [-0.3, -0.25) is 13.8 Å². The maximum Gasteiger partial charge on any atom is 0.472 e. The van der Waals surface area contributed by atoms with Crippen molar-refractivity contribution in [2.24, 2.45) is 0 Å². The molecule has 0 fully saturated rings. The molecule has 0 aromatic carbocycles. The highest BCUT2D eigenvalue weighted by Crippen LogP contribution is 2.43. The van der Waals surface area contributed by atoms with Gasteiger partial charge >= 0.3 is 7.82 Å². The smallest absolute Gasteiger partial charge is 0.387 e. The number of allylic oxidation sites excluding steroid dienone is 3. The van der Waals surface area contributed by atoms with Gasteiger partial charge in [0.05, 0.1) is 39.9 Å². The molecule has 8 nitrogen and oxygen atoms in total. The lowest BCUT2D eigenvalue weighted by atomic mass is 10.0. The Morgan fingerprint density at radius 1 is 0.611 bits per heavy atom. The van der Waals surface area contributed by atoms with E-state index in [0.29, 0.717) is 17.4 Å². The van der Waals surface area contributed by atoms with Crippen LogP contribution < -0.4 is 5.32 Å². The SMILES string of the molecule is CCCCC/C=C/CC/C=C/[C@@H](O)[C@H](COP(=O)(O)OCC[N+](C)(C)C)NC(=O)CCCCCCCCCCCCCCCCCCCCCCCCC. The van der Waals surface area contributed by atoms with Crippen LogP contribution in [0, 0.1) is 0 Å². The number of quaternary nitrogens is 1. The number of carbonyl (C=O) groups is 1. The minimum Gasteiger partial charge on any atom is -0.387 e. The molecule has 320 valence electrons. The predicted octanol–water partition coefficient (Wildman–Crippen LogP) is 12.5. The average Bonchev–Trinajstić information content (AvgIpc) is 3.12. The highest BCUT2D eigenvalue weighted by atomic mass is 31.2. The molecule has 3 atom stereocenters. The van der Waals surface area contributed by atoms with Crippen LogP contribution in [-0.4, -0.2) is 73.4 Å². The van der Waals surface area contributed by atoms with E-state index < -0.39 is 20.0 Å². The summed E-state index contributed by atoms with van der Waals surface area (Å²) in [6.07, 6.45) is 44.2. The number of likely N-dealkylation sites (N-methyl/N-ethyl adjacent to an activating group) is 1. The number of hydrogen-bond acceptors (Lipinski definition) is 5. The Morgan fingerprint density at radius 2 is 1.02 bits per heavy atom. The molecule has 0 aromatic rings. The molecule has 1 amide bonds. The lowest BCUT2D eigenvalue weighted by molar-refractivity contribution is -0.870. The van der Waals surface area contributed by atoms with Crippen LogP contribution in [0.25, 0.3) is 0 Å². The maximum absolute atomic E-state index is 12.8. The third-order valence-electron chi connectivity index (χ3n) is 10.2. The lowest BCUT2D eigenvalue weighted by Crippen LogP contribution is -2.45. The van der Waals surface area contributed by atoms with Gasteiger partial charge < -0.3 is 19.8 Å². The van der Waals surface area contributed by atoms with Gasteiger partial charge in [-0.15, -0.1) is 0 Å². The van der Waals surface area contributed by atoms with E-state index >= 15 is 0 Å². The summed E-state index contributed by atoms with van der Waals surface area (Å²) < 4.78 is 23.5. The van der Waals surface area contributed by atoms with Gasteiger partial charge in [0, 0.05) is 6.42 Å². The van der Waals surface area contributed by atoms with Crippen molar-refractivity contribution in [3.63, 3.8) is 0 Å². The molecule has 0 aliphatic heterocycles. The highest BCUT2D eigenvalue weighted by molar-refractivity contribution is 7.47. The Hall–Kier alpha value is -1.02. The summed E-state index contributed by atoms with van der Waals surface area (Å²) in [5.41, 5.74) is 0. The number of aliphatic hydroxyl groups is 1. The molecule has 0 bridgehead atoms. The van der Waals surface area contributed by atoms with Crippen LogP contribution >= 0.6 is 7.82 Å². The predicted molar refractivity (Wildman–Crippen MR) is 231 cm³/mol. The number of carbonyl (C=O) groups excluding carboxylic acids is 1. The Balaban J connectivity index is 4.17.